The van der Waals surface area contributed by atoms with Crippen molar-refractivity contribution >= 4 is 0 Å². The van der Waals surface area contributed by atoms with Gasteiger partial charge in [0.15, 0.2) is 69.0 Å². The molecule has 12 aliphatic heterocycles. The maximum absolute atomic E-state index is 7.88. The Kier molecular flexibility index (Phi) is 27.5. The van der Waals surface area contributed by atoms with Crippen LogP contribution < -0.4 is 104 Å². The molecule has 21 rings (SSSR count). The van der Waals surface area contributed by atoms with Gasteiger partial charge in [-0.1, -0.05) is 234 Å². The predicted molar refractivity (Wildman–Crippen MR) is 516 cm³/mol. The molecular weight excluding hydrogens is 1720 g/mol. The van der Waals surface area contributed by atoms with Crippen LogP contribution in [0.3, 0.4) is 0 Å². The van der Waals surface area contributed by atoms with Gasteiger partial charge in [0.2, 0.25) is 102 Å². The standard InChI is InChI=1S/C114H134O22/c1-9-17-25-37-69-77-45-78-70(38-26-18-10-2)82-48-90-74(42-30-22-14-6)86-51-85-73(41-29-21-13-5)89-47-81(69)101-111-105(89)129-61-125-97(85)109-98(86)126-62-130-106(90)112(102(82)122-58-118-94(78)53-93(77)117-57-121-101)135-66-136-114-104-84-50-92-76(44-32-24-16-8)88-52-87-75(43-31-23-15-7)91-49-83-71(39-27-19-11-3)79-46-80(72(84)40-28-20-12-4)96(120-60-124-104)54-95(79)119-59-123-103(83)113(134-65-133-111)107(91)131-63-127-99(87)110(100(88)128-64-132-108(92)114)116-56-68-36-34-33-35-67(68)55-115-109/h33-36,45-54,69-76H,9-32,37-44,55-66H2,1-8H3. The van der Waals surface area contributed by atoms with E-state index in [1.54, 1.807) is 0 Å². The van der Waals surface area contributed by atoms with E-state index in [2.05, 4.69) is 140 Å². The van der Waals surface area contributed by atoms with Crippen LogP contribution in [0.5, 0.6) is 126 Å². The molecule has 0 aliphatic carbocycles. The van der Waals surface area contributed by atoms with Crippen LogP contribution in [-0.4, -0.2) is 67.9 Å². The van der Waals surface area contributed by atoms with Crippen molar-refractivity contribution in [1.29, 1.82) is 0 Å². The average Bonchev–Trinajstić information content (AvgIpc) is 0.745. The number of fused-ring (bicyclic) bond motifs is 16. The normalized spacial score (nSPS) is 20.2. The molecule has 12 heterocycles. The maximum atomic E-state index is 7.88. The maximum Gasteiger partial charge on any atom is 0.231 e. The zero-order valence-corrected chi connectivity index (χ0v) is 80.8. The summed E-state index contributed by atoms with van der Waals surface area (Å²) >= 11 is 0. The first-order valence-electron chi connectivity index (χ1n) is 51.7. The molecule has 9 aromatic rings. The van der Waals surface area contributed by atoms with E-state index in [0.717, 1.165) is 254 Å². The molecule has 8 unspecified atom stereocenters. The van der Waals surface area contributed by atoms with Gasteiger partial charge in [0.05, 0.1) is 0 Å². The van der Waals surface area contributed by atoms with Crippen LogP contribution in [-0.2, 0) is 13.2 Å². The molecule has 12 aliphatic rings. The molecule has 0 radical (unpaired) electrons. The van der Waals surface area contributed by atoms with Gasteiger partial charge < -0.3 is 104 Å². The third-order valence-electron chi connectivity index (χ3n) is 30.5. The molecular formula is C114H134O22. The van der Waals surface area contributed by atoms with Gasteiger partial charge in [0.25, 0.3) is 0 Å². The zero-order valence-electron chi connectivity index (χ0n) is 80.8. The fraction of sp³-hybridized carbons (Fsp3) is 0.526. The second-order valence-electron chi connectivity index (χ2n) is 38.9. The second-order valence-corrected chi connectivity index (χ2v) is 38.9. The topological polar surface area (TPSA) is 203 Å². The first-order valence-corrected chi connectivity index (χ1v) is 51.7. The van der Waals surface area contributed by atoms with Crippen molar-refractivity contribution in [2.45, 2.75) is 321 Å². The summed E-state index contributed by atoms with van der Waals surface area (Å²) in [6.45, 7) is 15.3. The van der Waals surface area contributed by atoms with Crippen LogP contribution in [0.1, 0.15) is 408 Å². The summed E-state index contributed by atoms with van der Waals surface area (Å²) in [5, 5.41) is 0. The van der Waals surface area contributed by atoms with Crippen LogP contribution in [0.15, 0.2) is 84.9 Å². The summed E-state index contributed by atoms with van der Waals surface area (Å²) < 4.78 is 166. The summed E-state index contributed by atoms with van der Waals surface area (Å²) in [4.78, 5) is 0. The Labute approximate surface area is 800 Å². The van der Waals surface area contributed by atoms with E-state index in [1.807, 2.05) is 0 Å². The third-order valence-corrected chi connectivity index (χ3v) is 30.5. The third kappa shape index (κ3) is 17.1. The van der Waals surface area contributed by atoms with Gasteiger partial charge in [-0.2, -0.15) is 0 Å². The van der Waals surface area contributed by atoms with Crippen molar-refractivity contribution in [3.05, 3.63) is 185 Å². The molecule has 0 fully saturated rings. The summed E-state index contributed by atoms with van der Waals surface area (Å²) in [6.07, 6.45) is 27.6. The van der Waals surface area contributed by atoms with Gasteiger partial charge in [0, 0.05) is 148 Å². The summed E-state index contributed by atoms with van der Waals surface area (Å²) in [6, 6.07) is 31.7. The molecule has 8 atom stereocenters. The fourth-order valence-corrected chi connectivity index (χ4v) is 23.7. The Hall–Kier alpha value is -11.4. The number of ether oxygens (including phenoxy) is 22. The Morgan fingerprint density at radius 3 is 0.485 bits per heavy atom. The smallest absolute Gasteiger partial charge is 0.231 e. The Morgan fingerprint density at radius 2 is 0.309 bits per heavy atom. The number of hydrogen-bond acceptors (Lipinski definition) is 22. The van der Waals surface area contributed by atoms with Crippen LogP contribution >= 0.6 is 0 Å². The first-order chi connectivity index (χ1) is 67.2. The van der Waals surface area contributed by atoms with Crippen molar-refractivity contribution in [3.8, 4) is 126 Å². The Bertz CT molecular complexity index is 5200. The lowest BCUT2D eigenvalue weighted by atomic mass is 9.75. The number of unbranched alkanes of at least 4 members (excludes halogenated alkanes) is 16. The molecule has 22 nitrogen and oxygen atoms in total. The molecule has 0 amide bonds. The molecule has 0 saturated heterocycles. The molecule has 0 aromatic heterocycles. The first kappa shape index (κ1) is 91.0. The minimum Gasteiger partial charge on any atom is -0.482 e. The van der Waals surface area contributed by atoms with Crippen LogP contribution in [0.2, 0.25) is 0 Å². The Balaban J connectivity index is 0.962. The van der Waals surface area contributed by atoms with E-state index in [-0.39, 0.29) is 91.2 Å². The van der Waals surface area contributed by atoms with E-state index in [0.29, 0.717) is 178 Å². The lowest BCUT2D eigenvalue weighted by Crippen LogP contribution is -2.25. The average molecular weight is 1860 g/mol. The fourth-order valence-electron chi connectivity index (χ4n) is 23.7. The predicted octanol–water partition coefficient (Wildman–Crippen LogP) is 28.5. The summed E-state index contributed by atoms with van der Waals surface area (Å²) in [5.74, 6) is 6.97. The molecule has 22 bridgehead atoms. The van der Waals surface area contributed by atoms with Gasteiger partial charge in [-0.25, -0.2) is 0 Å². The van der Waals surface area contributed by atoms with E-state index in [9.17, 15) is 0 Å². The van der Waals surface area contributed by atoms with Gasteiger partial charge in [-0.15, -0.1) is 0 Å². The van der Waals surface area contributed by atoms with Crippen LogP contribution in [0, 0.1) is 0 Å². The number of benzene rings is 9. The Morgan fingerprint density at radius 1 is 0.162 bits per heavy atom. The van der Waals surface area contributed by atoms with Gasteiger partial charge in [0.1, 0.15) is 36.2 Å². The SMILES string of the molecule is CCCCCC1c2cc3c4cc2OCOc2c1cc1c5c2OCOc2c6c7cc8c2OCOc2c(cc9c%10c2OCc2ccccc2COc2c(c(cc%11c2OCOc2c(cc(c(c2OCOc2c%12c(cc(c2OCO%10)C9CCCCC)C(CCCCC)c2cc(c(cc2OCO%12)OCO6)C7CCCCC)OCO4)C3CCCCC)C%11CCCCC)C1CCCCC)OCO5)C8CCCCC. The van der Waals surface area contributed by atoms with Crippen molar-refractivity contribution in [1.82, 2.24) is 0 Å². The van der Waals surface area contributed by atoms with E-state index < -0.39 is 37.3 Å². The van der Waals surface area contributed by atoms with Crippen molar-refractivity contribution in [2.75, 3.05) is 67.9 Å². The van der Waals surface area contributed by atoms with Gasteiger partial charge in [-0.3, -0.25) is 0 Å². The van der Waals surface area contributed by atoms with E-state index in [1.165, 1.54) is 0 Å². The van der Waals surface area contributed by atoms with Crippen molar-refractivity contribution < 1.29 is 104 Å². The van der Waals surface area contributed by atoms with Gasteiger partial charge >= 0.3 is 0 Å². The van der Waals surface area contributed by atoms with Crippen molar-refractivity contribution in [2.24, 2.45) is 0 Å². The van der Waals surface area contributed by atoms with E-state index in [4.69, 9.17) is 104 Å². The molecule has 136 heavy (non-hydrogen) atoms. The number of rotatable bonds is 32. The van der Waals surface area contributed by atoms with E-state index >= 15 is 0 Å². The van der Waals surface area contributed by atoms with Crippen LogP contribution in [0.4, 0.5) is 0 Å². The molecule has 722 valence electrons. The molecule has 0 spiro atoms. The summed E-state index contributed by atoms with van der Waals surface area (Å²) in [5.41, 5.74) is 16.5. The highest BCUT2D eigenvalue weighted by molar-refractivity contribution is 5.76. The number of hydrogen-bond donors (Lipinski definition) is 0. The van der Waals surface area contributed by atoms with Gasteiger partial charge in [-0.05, 0) is 111 Å². The minimum absolute atomic E-state index is 0.0465. The molecule has 22 heteroatoms. The molecule has 9 aromatic carbocycles. The quantitative estimate of drug-likeness (QED) is 0.0360. The highest BCUT2D eigenvalue weighted by Gasteiger charge is 2.47. The monoisotopic (exact) mass is 1850 g/mol. The largest absolute Gasteiger partial charge is 0.482 e. The summed E-state index contributed by atoms with van der Waals surface area (Å²) in [7, 11) is 0. The van der Waals surface area contributed by atoms with Crippen molar-refractivity contribution in [3.63, 3.8) is 0 Å². The minimum atomic E-state index is -0.472. The lowest BCUT2D eigenvalue weighted by Gasteiger charge is -2.37. The lowest BCUT2D eigenvalue weighted by molar-refractivity contribution is 0.0579. The molecule has 0 saturated carbocycles. The second kappa shape index (κ2) is 41.1. The highest BCUT2D eigenvalue weighted by Crippen LogP contribution is 2.66. The zero-order chi connectivity index (χ0) is 92.3. The van der Waals surface area contributed by atoms with Crippen LogP contribution in [0.25, 0.3) is 0 Å². The molecule has 0 N–H and O–H groups in total. The highest BCUT2D eigenvalue weighted by atomic mass is 16.7.